The number of methoxy groups -OCH3 is 1. The van der Waals surface area contributed by atoms with E-state index >= 15 is 0 Å². The SMILES string of the molecule is COC(=O)CC(NC(=O)c1sc2ncn(C)c(=O)c2c1C)c1ccc(Cl)cc1. The van der Waals surface area contributed by atoms with Crippen LogP contribution in [0.2, 0.25) is 5.02 Å². The third-order valence-electron chi connectivity index (χ3n) is 4.39. The number of fused-ring (bicyclic) bond motifs is 1. The summed E-state index contributed by atoms with van der Waals surface area (Å²) in [5.41, 5.74) is 1.08. The molecule has 7 nitrogen and oxygen atoms in total. The number of amides is 1. The van der Waals surface area contributed by atoms with Gasteiger partial charge < -0.3 is 14.6 Å². The van der Waals surface area contributed by atoms with Crippen LogP contribution in [0.15, 0.2) is 35.4 Å². The monoisotopic (exact) mass is 419 g/mol. The van der Waals surface area contributed by atoms with Crippen molar-refractivity contribution in [2.45, 2.75) is 19.4 Å². The van der Waals surface area contributed by atoms with Crippen LogP contribution in [0.3, 0.4) is 0 Å². The molecule has 1 N–H and O–H groups in total. The van der Waals surface area contributed by atoms with Gasteiger partial charge in [-0.25, -0.2) is 4.98 Å². The van der Waals surface area contributed by atoms with E-state index in [1.807, 2.05) is 0 Å². The minimum atomic E-state index is -0.599. The molecule has 0 aliphatic carbocycles. The molecule has 0 spiro atoms. The van der Waals surface area contributed by atoms with Crippen LogP contribution in [0.25, 0.3) is 10.2 Å². The van der Waals surface area contributed by atoms with Gasteiger partial charge in [0, 0.05) is 12.1 Å². The number of nitrogens with zero attached hydrogens (tertiary/aromatic N) is 2. The highest BCUT2D eigenvalue weighted by molar-refractivity contribution is 7.20. The number of halogens is 1. The molecule has 1 unspecified atom stereocenters. The maximum absolute atomic E-state index is 12.9. The Hall–Kier alpha value is -2.71. The Balaban J connectivity index is 1.95. The molecular formula is C19H18ClN3O4S. The number of carbonyl (C=O) groups excluding carboxylic acids is 2. The van der Waals surface area contributed by atoms with Crippen LogP contribution >= 0.6 is 22.9 Å². The summed E-state index contributed by atoms with van der Waals surface area (Å²) in [4.78, 5) is 42.2. The van der Waals surface area contributed by atoms with E-state index in [1.54, 1.807) is 38.2 Å². The summed E-state index contributed by atoms with van der Waals surface area (Å²) in [6.07, 6.45) is 1.39. The number of carbonyl (C=O) groups is 2. The summed E-state index contributed by atoms with van der Waals surface area (Å²) in [5.74, 6) is -0.838. The highest BCUT2D eigenvalue weighted by atomic mass is 35.5. The average molecular weight is 420 g/mol. The quantitative estimate of drug-likeness (QED) is 0.642. The van der Waals surface area contributed by atoms with E-state index in [-0.39, 0.29) is 17.9 Å². The van der Waals surface area contributed by atoms with Crippen molar-refractivity contribution >= 4 is 45.0 Å². The van der Waals surface area contributed by atoms with E-state index in [0.29, 0.717) is 25.7 Å². The van der Waals surface area contributed by atoms with Gasteiger partial charge in [0.2, 0.25) is 0 Å². The summed E-state index contributed by atoms with van der Waals surface area (Å²) in [6.45, 7) is 1.72. The van der Waals surface area contributed by atoms with E-state index in [2.05, 4.69) is 10.3 Å². The Morgan fingerprint density at radius 2 is 2.00 bits per heavy atom. The fraction of sp³-hybridized carbons (Fsp3) is 0.263. The van der Waals surface area contributed by atoms with Crippen molar-refractivity contribution in [2.24, 2.45) is 7.05 Å². The van der Waals surface area contributed by atoms with Crippen LogP contribution in [0.1, 0.15) is 33.3 Å². The number of ether oxygens (including phenoxy) is 1. The normalized spacial score (nSPS) is 12.0. The Labute approximate surface area is 169 Å². The van der Waals surface area contributed by atoms with Crippen LogP contribution in [0.4, 0.5) is 0 Å². The summed E-state index contributed by atoms with van der Waals surface area (Å²) >= 11 is 7.07. The molecule has 0 bridgehead atoms. The van der Waals surface area contributed by atoms with Gasteiger partial charge in [-0.2, -0.15) is 0 Å². The molecule has 0 aliphatic heterocycles. The lowest BCUT2D eigenvalue weighted by Crippen LogP contribution is -2.30. The van der Waals surface area contributed by atoms with E-state index in [9.17, 15) is 14.4 Å². The fourth-order valence-corrected chi connectivity index (χ4v) is 4.01. The molecular weight excluding hydrogens is 402 g/mol. The number of hydrogen-bond acceptors (Lipinski definition) is 6. The zero-order valence-corrected chi connectivity index (χ0v) is 17.1. The smallest absolute Gasteiger partial charge is 0.307 e. The molecule has 0 saturated carbocycles. The summed E-state index contributed by atoms with van der Waals surface area (Å²) < 4.78 is 6.12. The van der Waals surface area contributed by atoms with Crippen LogP contribution in [0, 0.1) is 6.92 Å². The minimum Gasteiger partial charge on any atom is -0.469 e. The number of aryl methyl sites for hydroxylation is 2. The topological polar surface area (TPSA) is 90.3 Å². The minimum absolute atomic E-state index is 0.0339. The lowest BCUT2D eigenvalue weighted by atomic mass is 10.0. The second kappa shape index (κ2) is 8.12. The molecule has 2 heterocycles. The molecule has 1 aromatic carbocycles. The highest BCUT2D eigenvalue weighted by Gasteiger charge is 2.24. The van der Waals surface area contributed by atoms with Gasteiger partial charge in [-0.1, -0.05) is 23.7 Å². The predicted molar refractivity (Wildman–Crippen MR) is 108 cm³/mol. The van der Waals surface area contributed by atoms with Crippen molar-refractivity contribution in [3.8, 4) is 0 Å². The van der Waals surface area contributed by atoms with Crippen LogP contribution in [0.5, 0.6) is 0 Å². The number of hydrogen-bond donors (Lipinski definition) is 1. The van der Waals surface area contributed by atoms with Gasteiger partial charge in [0.25, 0.3) is 11.5 Å². The Morgan fingerprint density at radius 1 is 1.32 bits per heavy atom. The summed E-state index contributed by atoms with van der Waals surface area (Å²) in [6, 6.07) is 6.26. The lowest BCUT2D eigenvalue weighted by molar-refractivity contribution is -0.141. The highest BCUT2D eigenvalue weighted by Crippen LogP contribution is 2.28. The van der Waals surface area contributed by atoms with Crippen molar-refractivity contribution in [3.05, 3.63) is 62.0 Å². The second-order valence-electron chi connectivity index (χ2n) is 6.25. The van der Waals surface area contributed by atoms with Crippen molar-refractivity contribution in [2.75, 3.05) is 7.11 Å². The Morgan fingerprint density at radius 3 is 2.64 bits per heavy atom. The number of rotatable bonds is 5. The van der Waals surface area contributed by atoms with Crippen LogP contribution < -0.4 is 10.9 Å². The van der Waals surface area contributed by atoms with Crippen LogP contribution in [-0.4, -0.2) is 28.5 Å². The first-order valence-corrected chi connectivity index (χ1v) is 9.59. The van der Waals surface area contributed by atoms with Gasteiger partial charge in [-0.3, -0.25) is 14.4 Å². The first-order chi connectivity index (χ1) is 13.3. The predicted octanol–water partition coefficient (Wildman–Crippen LogP) is 2.99. The largest absolute Gasteiger partial charge is 0.469 e. The molecule has 1 atom stereocenters. The molecule has 0 radical (unpaired) electrons. The third-order valence-corrected chi connectivity index (χ3v) is 5.84. The van der Waals surface area contributed by atoms with Gasteiger partial charge >= 0.3 is 5.97 Å². The van der Waals surface area contributed by atoms with Gasteiger partial charge in [0.1, 0.15) is 4.83 Å². The van der Waals surface area contributed by atoms with Crippen molar-refractivity contribution in [1.29, 1.82) is 0 Å². The van der Waals surface area contributed by atoms with E-state index in [1.165, 1.54) is 18.0 Å². The maximum Gasteiger partial charge on any atom is 0.307 e. The van der Waals surface area contributed by atoms with E-state index in [4.69, 9.17) is 16.3 Å². The molecule has 9 heteroatoms. The number of aromatic nitrogens is 2. The lowest BCUT2D eigenvalue weighted by Gasteiger charge is -2.18. The zero-order valence-electron chi connectivity index (χ0n) is 15.5. The zero-order chi connectivity index (χ0) is 20.4. The van der Waals surface area contributed by atoms with Crippen molar-refractivity contribution in [3.63, 3.8) is 0 Å². The number of thiophene rings is 1. The van der Waals surface area contributed by atoms with Gasteiger partial charge in [-0.05, 0) is 30.2 Å². The molecule has 0 aliphatic rings. The standard InChI is InChI=1S/C19H18ClN3O4S/c1-10-15-18(21-9-23(2)19(15)26)28-16(10)17(25)22-13(8-14(24)27-3)11-4-6-12(20)7-5-11/h4-7,9,13H,8H2,1-3H3,(H,22,25). The summed E-state index contributed by atoms with van der Waals surface area (Å²) in [5, 5.41) is 3.84. The van der Waals surface area contributed by atoms with Gasteiger partial charge in [0.05, 0.1) is 36.2 Å². The molecule has 3 aromatic rings. The van der Waals surface area contributed by atoms with Crippen molar-refractivity contribution < 1.29 is 14.3 Å². The molecule has 0 fully saturated rings. The molecule has 3 rings (SSSR count). The summed E-state index contributed by atoms with van der Waals surface area (Å²) in [7, 11) is 2.90. The number of nitrogens with one attached hydrogen (secondary N) is 1. The maximum atomic E-state index is 12.9. The molecule has 2 aromatic heterocycles. The average Bonchev–Trinajstić information content (AvgIpc) is 3.02. The van der Waals surface area contributed by atoms with Crippen LogP contribution in [-0.2, 0) is 16.6 Å². The van der Waals surface area contributed by atoms with Gasteiger partial charge in [-0.15, -0.1) is 11.3 Å². The Kier molecular flexibility index (Phi) is 5.81. The Bertz CT molecular complexity index is 1100. The number of esters is 1. The first-order valence-electron chi connectivity index (χ1n) is 8.39. The van der Waals surface area contributed by atoms with E-state index in [0.717, 1.165) is 16.9 Å². The molecule has 146 valence electrons. The molecule has 0 saturated heterocycles. The first kappa shape index (κ1) is 20.0. The number of benzene rings is 1. The van der Waals surface area contributed by atoms with Crippen molar-refractivity contribution in [1.82, 2.24) is 14.9 Å². The van der Waals surface area contributed by atoms with E-state index < -0.39 is 12.0 Å². The third kappa shape index (κ3) is 3.93. The molecule has 28 heavy (non-hydrogen) atoms. The fourth-order valence-electron chi connectivity index (χ4n) is 2.85. The second-order valence-corrected chi connectivity index (χ2v) is 7.69. The van der Waals surface area contributed by atoms with Gasteiger partial charge in [0.15, 0.2) is 0 Å². The molecule has 1 amide bonds.